The predicted molar refractivity (Wildman–Crippen MR) is 118 cm³/mol. The molecule has 0 aromatic heterocycles. The van der Waals surface area contributed by atoms with Crippen LogP contribution < -0.4 is 9.47 Å². The van der Waals surface area contributed by atoms with E-state index in [1.807, 2.05) is 12.1 Å². The van der Waals surface area contributed by atoms with Gasteiger partial charge in [0.2, 0.25) is 0 Å². The highest BCUT2D eigenvalue weighted by Gasteiger charge is 2.34. The topological polar surface area (TPSA) is 47.9 Å². The summed E-state index contributed by atoms with van der Waals surface area (Å²) in [6, 6.07) is 12.6. The number of carbonyl (C=O) groups excluding carboxylic acids is 1. The van der Waals surface area contributed by atoms with Gasteiger partial charge in [0.25, 0.3) is 0 Å². The molecule has 1 heterocycles. The van der Waals surface area contributed by atoms with E-state index in [4.69, 9.17) is 14.5 Å². The van der Waals surface area contributed by atoms with E-state index in [1.165, 1.54) is 37.7 Å². The highest BCUT2D eigenvalue weighted by Crippen LogP contribution is 2.44. The third kappa shape index (κ3) is 3.53. The van der Waals surface area contributed by atoms with Crippen LogP contribution in [0.25, 0.3) is 0 Å². The van der Waals surface area contributed by atoms with Crippen LogP contribution in [0.5, 0.6) is 11.5 Å². The number of nitrogens with zero attached hydrogens (tertiary/aromatic N) is 1. The molecule has 4 heteroatoms. The Hall–Kier alpha value is -2.62. The van der Waals surface area contributed by atoms with Crippen LogP contribution in [-0.4, -0.2) is 31.8 Å². The first kappa shape index (κ1) is 19.3. The van der Waals surface area contributed by atoms with Crippen LogP contribution in [-0.2, 0) is 0 Å². The summed E-state index contributed by atoms with van der Waals surface area (Å²) in [7, 11) is 3.37. The lowest BCUT2D eigenvalue weighted by atomic mass is 9.75. The Morgan fingerprint density at radius 2 is 1.67 bits per heavy atom. The highest BCUT2D eigenvalue weighted by atomic mass is 16.5. The van der Waals surface area contributed by atoms with Crippen molar-refractivity contribution >= 4 is 11.5 Å². The van der Waals surface area contributed by atoms with Crippen LogP contribution in [0.3, 0.4) is 0 Å². The second-order valence-electron chi connectivity index (χ2n) is 8.88. The molecule has 30 heavy (non-hydrogen) atoms. The molecule has 2 aliphatic carbocycles. The number of Topliss-reactive ketones (excluding diaryl/α,β-unsaturated/α-hetero) is 1. The molecule has 0 N–H and O–H groups in total. The van der Waals surface area contributed by atoms with Gasteiger partial charge in [0.1, 0.15) is 0 Å². The Kier molecular flexibility index (Phi) is 5.10. The fraction of sp³-hybridized carbons (Fsp3) is 0.462. The van der Waals surface area contributed by atoms with Gasteiger partial charge in [-0.05, 0) is 49.3 Å². The Balaban J connectivity index is 1.54. The van der Waals surface area contributed by atoms with Crippen LogP contribution in [0, 0.1) is 5.92 Å². The number of hydrogen-bond acceptors (Lipinski definition) is 4. The molecule has 5 rings (SSSR count). The lowest BCUT2D eigenvalue weighted by molar-refractivity contribution is 0.0976. The molecule has 1 aliphatic heterocycles. The molecule has 156 valence electrons. The molecular formula is C26H29NO3. The van der Waals surface area contributed by atoms with E-state index in [-0.39, 0.29) is 5.78 Å². The molecule has 0 amide bonds. The zero-order valence-electron chi connectivity index (χ0n) is 17.8. The van der Waals surface area contributed by atoms with E-state index >= 15 is 0 Å². The molecule has 2 aromatic rings. The average molecular weight is 404 g/mol. The predicted octanol–water partition coefficient (Wildman–Crippen LogP) is 5.56. The molecule has 0 spiro atoms. The van der Waals surface area contributed by atoms with Gasteiger partial charge in [-0.15, -0.1) is 0 Å². The molecule has 0 unspecified atom stereocenters. The second kappa shape index (κ2) is 7.90. The van der Waals surface area contributed by atoms with Crippen molar-refractivity contribution in [1.82, 2.24) is 0 Å². The number of carbonyl (C=O) groups is 1. The summed E-state index contributed by atoms with van der Waals surface area (Å²) in [5, 5.41) is 0. The van der Waals surface area contributed by atoms with Crippen molar-refractivity contribution in [2.45, 2.75) is 56.9 Å². The molecule has 2 atom stereocenters. The third-order valence-electron chi connectivity index (χ3n) is 6.89. The molecule has 0 bridgehead atoms. The third-order valence-corrected chi connectivity index (χ3v) is 6.89. The van der Waals surface area contributed by atoms with E-state index in [2.05, 4.69) is 24.3 Å². The van der Waals surface area contributed by atoms with Gasteiger partial charge in [-0.3, -0.25) is 9.79 Å². The summed E-state index contributed by atoms with van der Waals surface area (Å²) >= 11 is 0. The molecule has 2 aromatic carbocycles. The maximum absolute atomic E-state index is 12.5. The first-order valence-electron chi connectivity index (χ1n) is 11.2. The van der Waals surface area contributed by atoms with Gasteiger partial charge in [-0.1, -0.05) is 37.1 Å². The molecule has 3 aliphatic rings. The number of rotatable bonds is 6. The summed E-state index contributed by atoms with van der Waals surface area (Å²) < 4.78 is 11.2. The van der Waals surface area contributed by atoms with Gasteiger partial charge in [-0.2, -0.15) is 0 Å². The average Bonchev–Trinajstić information content (AvgIpc) is 3.61. The summed E-state index contributed by atoms with van der Waals surface area (Å²) in [4.78, 5) is 17.7. The minimum Gasteiger partial charge on any atom is -0.493 e. The number of aliphatic imine (C=N–C) groups is 1. The quantitative estimate of drug-likeness (QED) is 0.593. The minimum atomic E-state index is 0.258. The smallest absolute Gasteiger partial charge is 0.163 e. The van der Waals surface area contributed by atoms with Gasteiger partial charge in [0.15, 0.2) is 17.3 Å². The van der Waals surface area contributed by atoms with E-state index < -0.39 is 0 Å². The normalized spacial score (nSPS) is 22.5. The van der Waals surface area contributed by atoms with Crippen molar-refractivity contribution in [3.05, 3.63) is 58.7 Å². The monoisotopic (exact) mass is 403 g/mol. The van der Waals surface area contributed by atoms with Gasteiger partial charge >= 0.3 is 0 Å². The number of fused-ring (bicyclic) bond motifs is 3. The van der Waals surface area contributed by atoms with E-state index in [1.54, 1.807) is 14.2 Å². The van der Waals surface area contributed by atoms with Gasteiger partial charge < -0.3 is 9.47 Å². The van der Waals surface area contributed by atoms with Crippen LogP contribution >= 0.6 is 0 Å². The molecular weight excluding hydrogens is 374 g/mol. The molecule has 0 radical (unpaired) electrons. The number of benzene rings is 2. The Labute approximate surface area is 178 Å². The summed E-state index contributed by atoms with van der Waals surface area (Å²) in [6.07, 6.45) is 7.85. The SMILES string of the molecule is COc1cc2c(cc1OC)[C@@H]1CCCC[C@@H]1N=C2c1ccc(C(=O)CC2CC2)cc1. The van der Waals surface area contributed by atoms with E-state index in [9.17, 15) is 4.79 Å². The molecule has 0 saturated heterocycles. The summed E-state index contributed by atoms with van der Waals surface area (Å²) in [6.45, 7) is 0. The molecule has 2 fully saturated rings. The zero-order valence-corrected chi connectivity index (χ0v) is 17.8. The maximum Gasteiger partial charge on any atom is 0.163 e. The van der Waals surface area contributed by atoms with Crippen molar-refractivity contribution in [2.75, 3.05) is 14.2 Å². The first-order valence-corrected chi connectivity index (χ1v) is 11.2. The Bertz CT molecular complexity index is 988. The Morgan fingerprint density at radius 3 is 2.37 bits per heavy atom. The largest absolute Gasteiger partial charge is 0.493 e. The van der Waals surface area contributed by atoms with Gasteiger partial charge in [-0.25, -0.2) is 0 Å². The van der Waals surface area contributed by atoms with Crippen LogP contribution in [0.1, 0.15) is 77.9 Å². The molecule has 2 saturated carbocycles. The number of methoxy groups -OCH3 is 2. The van der Waals surface area contributed by atoms with Crippen LogP contribution in [0.2, 0.25) is 0 Å². The molecule has 4 nitrogen and oxygen atoms in total. The highest BCUT2D eigenvalue weighted by molar-refractivity contribution is 6.15. The lowest BCUT2D eigenvalue weighted by Crippen LogP contribution is -2.29. The number of ether oxygens (including phenoxy) is 2. The maximum atomic E-state index is 12.5. The standard InChI is InChI=1S/C26H29NO3/c1-29-24-14-20-19-5-3-4-6-22(19)27-26(21(20)15-25(24)30-2)18-11-9-17(10-12-18)23(28)13-16-7-8-16/h9-12,14-16,19,22H,3-8,13H2,1-2H3/t19-,22-/m0/s1. The second-order valence-corrected chi connectivity index (χ2v) is 8.88. The van der Waals surface area contributed by atoms with Crippen LogP contribution in [0.4, 0.5) is 0 Å². The van der Waals surface area contributed by atoms with Crippen molar-refractivity contribution in [1.29, 1.82) is 0 Å². The van der Waals surface area contributed by atoms with E-state index in [0.717, 1.165) is 40.3 Å². The zero-order chi connectivity index (χ0) is 20.7. The minimum absolute atomic E-state index is 0.258. The van der Waals surface area contributed by atoms with Crippen molar-refractivity contribution in [3.63, 3.8) is 0 Å². The van der Waals surface area contributed by atoms with Crippen molar-refractivity contribution in [2.24, 2.45) is 10.9 Å². The first-order chi connectivity index (χ1) is 14.7. The Morgan fingerprint density at radius 1 is 0.967 bits per heavy atom. The van der Waals surface area contributed by atoms with Crippen molar-refractivity contribution in [3.8, 4) is 11.5 Å². The van der Waals surface area contributed by atoms with Crippen molar-refractivity contribution < 1.29 is 14.3 Å². The van der Waals surface area contributed by atoms with E-state index in [0.29, 0.717) is 24.3 Å². The van der Waals surface area contributed by atoms with Gasteiger partial charge in [0, 0.05) is 29.0 Å². The summed E-state index contributed by atoms with van der Waals surface area (Å²) in [5.41, 5.74) is 5.33. The fourth-order valence-electron chi connectivity index (χ4n) is 5.02. The number of ketones is 1. The fourth-order valence-corrected chi connectivity index (χ4v) is 5.02. The van der Waals surface area contributed by atoms with Gasteiger partial charge in [0.05, 0.1) is 26.0 Å². The summed E-state index contributed by atoms with van der Waals surface area (Å²) in [5.74, 6) is 2.82. The number of hydrogen-bond donors (Lipinski definition) is 0. The van der Waals surface area contributed by atoms with Crippen LogP contribution in [0.15, 0.2) is 41.4 Å². The lowest BCUT2D eigenvalue weighted by Gasteiger charge is -2.35.